The number of fused-ring (bicyclic) bond motifs is 1. The zero-order chi connectivity index (χ0) is 17.6. The average molecular weight is 394 g/mol. The topological polar surface area (TPSA) is 96.9 Å². The molecule has 0 aliphatic carbocycles. The molecule has 0 spiro atoms. The highest BCUT2D eigenvalue weighted by atomic mass is 32.2. The summed E-state index contributed by atoms with van der Waals surface area (Å²) < 4.78 is 1.59. The monoisotopic (exact) mass is 393 g/mol. The Morgan fingerprint density at radius 1 is 1.20 bits per heavy atom. The molecule has 0 radical (unpaired) electrons. The third-order valence-corrected chi connectivity index (χ3v) is 6.02. The van der Waals surface area contributed by atoms with E-state index in [9.17, 15) is 9.59 Å². The van der Waals surface area contributed by atoms with Crippen LogP contribution < -0.4 is 10.6 Å². The van der Waals surface area contributed by atoms with Crippen molar-refractivity contribution < 1.29 is 9.59 Å². The second kappa shape index (κ2) is 8.37. The molecule has 1 aromatic carbocycles. The fourth-order valence-corrected chi connectivity index (χ4v) is 4.32. The number of para-hydroxylation sites is 1. The summed E-state index contributed by atoms with van der Waals surface area (Å²) in [7, 11) is 0. The number of rotatable bonds is 7. The summed E-state index contributed by atoms with van der Waals surface area (Å²) in [5.74, 6) is -0.0721. The summed E-state index contributed by atoms with van der Waals surface area (Å²) in [6, 6.07) is 7.58. The van der Waals surface area contributed by atoms with Gasteiger partial charge in [0.2, 0.25) is 11.0 Å². The van der Waals surface area contributed by atoms with Gasteiger partial charge < -0.3 is 5.32 Å². The summed E-state index contributed by atoms with van der Waals surface area (Å²) >= 11 is 3.86. The van der Waals surface area contributed by atoms with Crippen LogP contribution in [0.5, 0.6) is 0 Å². The Morgan fingerprint density at radius 2 is 2.04 bits per heavy atom. The summed E-state index contributed by atoms with van der Waals surface area (Å²) in [4.78, 5) is 28.2. The standard InChI is InChI=1S/C15H15N5O2S3/c1-2-7-16-11(21)8-23-15-20-19-14(25-15)18-12(22)13-17-9-5-3-4-6-10(9)24-13/h3-6H,2,7-8H2,1H3,(H,16,21)(H,18,19,22). The van der Waals surface area contributed by atoms with Crippen LogP contribution >= 0.6 is 34.4 Å². The lowest BCUT2D eigenvalue weighted by Crippen LogP contribution is -2.25. The molecule has 10 heteroatoms. The lowest BCUT2D eigenvalue weighted by Gasteiger charge is -2.00. The minimum Gasteiger partial charge on any atom is -0.355 e. The number of thiazole rings is 1. The van der Waals surface area contributed by atoms with Gasteiger partial charge in [0.05, 0.1) is 16.0 Å². The minimum absolute atomic E-state index is 0.0397. The van der Waals surface area contributed by atoms with E-state index in [1.807, 2.05) is 31.2 Å². The highest BCUT2D eigenvalue weighted by Crippen LogP contribution is 2.27. The number of aromatic nitrogens is 3. The van der Waals surface area contributed by atoms with Crippen molar-refractivity contribution in [3.8, 4) is 0 Å². The lowest BCUT2D eigenvalue weighted by molar-refractivity contribution is -0.118. The molecule has 0 aliphatic heterocycles. The molecule has 0 saturated heterocycles. The first-order chi connectivity index (χ1) is 12.2. The van der Waals surface area contributed by atoms with Crippen LogP contribution in [0.3, 0.4) is 0 Å². The molecule has 0 unspecified atom stereocenters. The SMILES string of the molecule is CCCNC(=O)CSc1nnc(NC(=O)c2nc3ccccc3s2)s1. The number of hydrogen-bond acceptors (Lipinski definition) is 8. The fourth-order valence-electron chi connectivity index (χ4n) is 1.88. The predicted molar refractivity (Wildman–Crippen MR) is 102 cm³/mol. The van der Waals surface area contributed by atoms with Gasteiger partial charge in [0.1, 0.15) is 0 Å². The average Bonchev–Trinajstić information content (AvgIpc) is 3.24. The minimum atomic E-state index is -0.311. The van der Waals surface area contributed by atoms with Crippen molar-refractivity contribution in [1.29, 1.82) is 0 Å². The van der Waals surface area contributed by atoms with E-state index in [2.05, 4.69) is 25.8 Å². The number of carbonyl (C=O) groups is 2. The molecule has 0 aliphatic rings. The van der Waals surface area contributed by atoms with Crippen molar-refractivity contribution in [2.45, 2.75) is 17.7 Å². The molecular weight excluding hydrogens is 378 g/mol. The molecule has 7 nitrogen and oxygen atoms in total. The Kier molecular flexibility index (Phi) is 5.95. The predicted octanol–water partition coefficient (Wildman–Crippen LogP) is 3.02. The second-order valence-electron chi connectivity index (χ2n) is 4.95. The van der Waals surface area contributed by atoms with Crippen LogP contribution in [0.1, 0.15) is 23.1 Å². The molecule has 0 fully saturated rings. The molecule has 0 saturated carbocycles. The molecule has 2 aromatic heterocycles. The third-order valence-electron chi connectivity index (χ3n) is 3.01. The number of amides is 2. The number of nitrogens with one attached hydrogen (secondary N) is 2. The van der Waals surface area contributed by atoms with E-state index in [1.54, 1.807) is 0 Å². The Morgan fingerprint density at radius 3 is 2.84 bits per heavy atom. The van der Waals surface area contributed by atoms with Crippen molar-refractivity contribution in [1.82, 2.24) is 20.5 Å². The number of nitrogens with zero attached hydrogens (tertiary/aromatic N) is 3. The van der Waals surface area contributed by atoms with E-state index >= 15 is 0 Å². The van der Waals surface area contributed by atoms with Crippen LogP contribution in [0.25, 0.3) is 10.2 Å². The molecule has 3 rings (SSSR count). The van der Waals surface area contributed by atoms with Gasteiger partial charge in [0.25, 0.3) is 5.91 Å². The van der Waals surface area contributed by atoms with Crippen LogP contribution in [0.15, 0.2) is 28.6 Å². The smallest absolute Gasteiger partial charge is 0.286 e. The molecule has 2 N–H and O–H groups in total. The Balaban J connectivity index is 1.57. The normalized spacial score (nSPS) is 10.8. The molecule has 0 atom stereocenters. The van der Waals surface area contributed by atoms with Gasteiger partial charge in [-0.3, -0.25) is 14.9 Å². The van der Waals surface area contributed by atoms with Gasteiger partial charge in [-0.2, -0.15) is 0 Å². The number of thioether (sulfide) groups is 1. The summed E-state index contributed by atoms with van der Waals surface area (Å²) in [6.07, 6.45) is 0.900. The molecule has 25 heavy (non-hydrogen) atoms. The maximum absolute atomic E-state index is 12.3. The number of benzene rings is 1. The highest BCUT2D eigenvalue weighted by Gasteiger charge is 2.15. The molecule has 130 valence electrons. The van der Waals surface area contributed by atoms with Crippen LogP contribution in [0.4, 0.5) is 5.13 Å². The lowest BCUT2D eigenvalue weighted by atomic mass is 10.3. The van der Waals surface area contributed by atoms with Gasteiger partial charge in [-0.15, -0.1) is 21.5 Å². The van der Waals surface area contributed by atoms with E-state index in [4.69, 9.17) is 0 Å². The molecule has 0 bridgehead atoms. The summed E-state index contributed by atoms with van der Waals surface area (Å²) in [6.45, 7) is 2.66. The van der Waals surface area contributed by atoms with Crippen molar-refractivity contribution >= 4 is 61.6 Å². The number of hydrogen-bond donors (Lipinski definition) is 2. The first-order valence-electron chi connectivity index (χ1n) is 7.55. The maximum Gasteiger partial charge on any atom is 0.286 e. The second-order valence-corrected chi connectivity index (χ2v) is 8.18. The summed E-state index contributed by atoms with van der Waals surface area (Å²) in [5.41, 5.74) is 0.796. The molecule has 3 aromatic rings. The van der Waals surface area contributed by atoms with E-state index < -0.39 is 0 Å². The van der Waals surface area contributed by atoms with Gasteiger partial charge in [-0.1, -0.05) is 42.2 Å². The first kappa shape index (κ1) is 17.8. The van der Waals surface area contributed by atoms with Gasteiger partial charge in [-0.05, 0) is 18.6 Å². The van der Waals surface area contributed by atoms with Gasteiger partial charge in [0, 0.05) is 6.54 Å². The molecule has 2 amide bonds. The van der Waals surface area contributed by atoms with E-state index in [0.29, 0.717) is 21.0 Å². The maximum atomic E-state index is 12.3. The Labute approximate surface area is 156 Å². The summed E-state index contributed by atoms with van der Waals surface area (Å²) in [5, 5.41) is 14.2. The van der Waals surface area contributed by atoms with Gasteiger partial charge in [0.15, 0.2) is 9.35 Å². The van der Waals surface area contributed by atoms with Crippen molar-refractivity contribution in [3.63, 3.8) is 0 Å². The van der Waals surface area contributed by atoms with Crippen LogP contribution in [-0.4, -0.2) is 39.3 Å². The van der Waals surface area contributed by atoms with E-state index in [1.165, 1.54) is 34.4 Å². The zero-order valence-electron chi connectivity index (χ0n) is 13.3. The molecule has 2 heterocycles. The first-order valence-corrected chi connectivity index (χ1v) is 10.2. The largest absolute Gasteiger partial charge is 0.355 e. The molecular formula is C15H15N5O2S3. The highest BCUT2D eigenvalue weighted by molar-refractivity contribution is 8.01. The fraction of sp³-hybridized carbons (Fsp3) is 0.267. The Hall–Kier alpha value is -2.04. The van der Waals surface area contributed by atoms with Crippen molar-refractivity contribution in [2.24, 2.45) is 0 Å². The van der Waals surface area contributed by atoms with Gasteiger partial charge in [-0.25, -0.2) is 4.98 Å². The Bertz CT molecular complexity index is 859. The van der Waals surface area contributed by atoms with Crippen LogP contribution in [-0.2, 0) is 4.79 Å². The number of anilines is 1. The zero-order valence-corrected chi connectivity index (χ0v) is 15.8. The van der Waals surface area contributed by atoms with Crippen molar-refractivity contribution in [2.75, 3.05) is 17.6 Å². The van der Waals surface area contributed by atoms with Gasteiger partial charge >= 0.3 is 0 Å². The van der Waals surface area contributed by atoms with Crippen molar-refractivity contribution in [3.05, 3.63) is 29.3 Å². The van der Waals surface area contributed by atoms with E-state index in [-0.39, 0.29) is 17.6 Å². The quantitative estimate of drug-likeness (QED) is 0.473. The van der Waals surface area contributed by atoms with E-state index in [0.717, 1.165) is 16.6 Å². The van der Waals surface area contributed by atoms with Crippen LogP contribution in [0, 0.1) is 0 Å². The third kappa shape index (κ3) is 4.74. The number of carbonyl (C=O) groups excluding carboxylic acids is 2. The van der Waals surface area contributed by atoms with Crippen LogP contribution in [0.2, 0.25) is 0 Å².